The number of nitrogens with one attached hydrogen (secondary N) is 1. The van der Waals surface area contributed by atoms with Crippen LogP contribution in [0.1, 0.15) is 22.8 Å². The molecule has 0 radical (unpaired) electrons. The van der Waals surface area contributed by atoms with Crippen LogP contribution in [0.2, 0.25) is 0 Å². The third kappa shape index (κ3) is 4.86. The second kappa shape index (κ2) is 9.06. The summed E-state index contributed by atoms with van der Waals surface area (Å²) in [5.41, 5.74) is 1.67. The smallest absolute Gasteiger partial charge is 0.252 e. The maximum Gasteiger partial charge on any atom is 0.252 e. The van der Waals surface area contributed by atoms with Crippen molar-refractivity contribution in [3.63, 3.8) is 0 Å². The Balaban J connectivity index is 1.65. The number of thioether (sulfide) groups is 1. The molecule has 26 heavy (non-hydrogen) atoms. The van der Waals surface area contributed by atoms with Crippen molar-refractivity contribution in [2.24, 2.45) is 0 Å². The number of pyridine rings is 1. The van der Waals surface area contributed by atoms with Crippen LogP contribution in [0.25, 0.3) is 0 Å². The van der Waals surface area contributed by atoms with Gasteiger partial charge in [-0.25, -0.2) is 4.98 Å². The normalized spacial score (nSPS) is 10.3. The summed E-state index contributed by atoms with van der Waals surface area (Å²) in [5.74, 6) is 2.09. The van der Waals surface area contributed by atoms with E-state index in [2.05, 4.69) is 17.2 Å². The first-order valence-electron chi connectivity index (χ1n) is 8.44. The topological polar surface area (TPSA) is 51.2 Å². The predicted octanol–water partition coefficient (Wildman–Crippen LogP) is 4.92. The second-order valence-electron chi connectivity index (χ2n) is 5.53. The van der Waals surface area contributed by atoms with Gasteiger partial charge in [0.05, 0.1) is 5.56 Å². The maximum absolute atomic E-state index is 12.5. The molecule has 0 saturated carbocycles. The third-order valence-electron chi connectivity index (χ3n) is 3.64. The molecule has 0 saturated heterocycles. The number of aromatic nitrogens is 1. The summed E-state index contributed by atoms with van der Waals surface area (Å²) in [6.07, 6.45) is 1.69. The fraction of sp³-hybridized carbons (Fsp3) is 0.143. The number of benzene rings is 2. The molecular weight excluding hydrogens is 344 g/mol. The molecule has 1 N–H and O–H groups in total. The third-order valence-corrected chi connectivity index (χ3v) is 4.60. The lowest BCUT2D eigenvalue weighted by atomic mass is 10.2. The second-order valence-corrected chi connectivity index (χ2v) is 6.84. The van der Waals surface area contributed by atoms with E-state index in [0.717, 1.165) is 16.2 Å². The Morgan fingerprint density at radius 2 is 1.92 bits per heavy atom. The highest BCUT2D eigenvalue weighted by molar-refractivity contribution is 7.99. The van der Waals surface area contributed by atoms with E-state index in [-0.39, 0.29) is 5.91 Å². The Kier molecular flexibility index (Phi) is 6.28. The lowest BCUT2D eigenvalue weighted by Gasteiger charge is -2.10. The van der Waals surface area contributed by atoms with Crippen LogP contribution in [-0.4, -0.2) is 16.6 Å². The highest BCUT2D eigenvalue weighted by Crippen LogP contribution is 2.23. The number of carbonyl (C=O) groups excluding carboxylic acids is 1. The van der Waals surface area contributed by atoms with E-state index in [1.807, 2.05) is 60.7 Å². The van der Waals surface area contributed by atoms with E-state index in [4.69, 9.17) is 4.74 Å². The van der Waals surface area contributed by atoms with Gasteiger partial charge in [-0.1, -0.05) is 37.3 Å². The minimum atomic E-state index is -0.0717. The van der Waals surface area contributed by atoms with Gasteiger partial charge in [-0.3, -0.25) is 4.79 Å². The van der Waals surface area contributed by atoms with Crippen LogP contribution in [0.15, 0.2) is 77.8 Å². The van der Waals surface area contributed by atoms with Crippen LogP contribution < -0.4 is 10.1 Å². The molecule has 1 heterocycles. The van der Waals surface area contributed by atoms with E-state index in [1.165, 1.54) is 0 Å². The van der Waals surface area contributed by atoms with Crippen LogP contribution in [0.3, 0.4) is 0 Å². The summed E-state index contributed by atoms with van der Waals surface area (Å²) in [5, 5.41) is 2.98. The van der Waals surface area contributed by atoms with Gasteiger partial charge in [0, 0.05) is 23.7 Å². The van der Waals surface area contributed by atoms with Crippen molar-refractivity contribution >= 4 is 17.7 Å². The number of hydrogen-bond acceptors (Lipinski definition) is 4. The number of carbonyl (C=O) groups is 1. The number of amides is 1. The molecule has 0 spiro atoms. The van der Waals surface area contributed by atoms with Crippen LogP contribution in [0, 0.1) is 0 Å². The lowest BCUT2D eigenvalue weighted by Crippen LogP contribution is -2.23. The van der Waals surface area contributed by atoms with Gasteiger partial charge in [0.2, 0.25) is 5.88 Å². The molecule has 0 bridgehead atoms. The molecule has 5 heteroatoms. The summed E-state index contributed by atoms with van der Waals surface area (Å²) in [4.78, 5) is 17.7. The first-order valence-corrected chi connectivity index (χ1v) is 9.42. The summed E-state index contributed by atoms with van der Waals surface area (Å²) in [7, 11) is 0. The first-order chi connectivity index (χ1) is 12.8. The Morgan fingerprint density at radius 1 is 1.08 bits per heavy atom. The van der Waals surface area contributed by atoms with Crippen molar-refractivity contribution in [2.75, 3.05) is 5.75 Å². The van der Waals surface area contributed by atoms with E-state index < -0.39 is 0 Å². The number of rotatable bonds is 7. The van der Waals surface area contributed by atoms with Gasteiger partial charge in [-0.05, 0) is 41.6 Å². The molecule has 4 nitrogen and oxygen atoms in total. The molecule has 0 aliphatic heterocycles. The minimum absolute atomic E-state index is 0.0717. The van der Waals surface area contributed by atoms with Crippen molar-refractivity contribution in [1.29, 1.82) is 0 Å². The first kappa shape index (κ1) is 18.0. The quantitative estimate of drug-likeness (QED) is 0.605. The summed E-state index contributed by atoms with van der Waals surface area (Å²) in [6, 6.07) is 20.8. The fourth-order valence-electron chi connectivity index (χ4n) is 2.46. The Bertz CT molecular complexity index is 869. The number of hydrogen-bond donors (Lipinski definition) is 1. The highest BCUT2D eigenvalue weighted by Gasteiger charge is 2.10. The van der Waals surface area contributed by atoms with E-state index >= 15 is 0 Å². The van der Waals surface area contributed by atoms with Gasteiger partial charge in [0.15, 0.2) is 0 Å². The van der Waals surface area contributed by atoms with Gasteiger partial charge in [-0.2, -0.15) is 0 Å². The summed E-state index contributed by atoms with van der Waals surface area (Å²) >= 11 is 1.67. The zero-order chi connectivity index (χ0) is 18.2. The van der Waals surface area contributed by atoms with Crippen LogP contribution in [-0.2, 0) is 6.54 Å². The Morgan fingerprint density at radius 3 is 2.73 bits per heavy atom. The fourth-order valence-corrected chi connectivity index (χ4v) is 3.26. The van der Waals surface area contributed by atoms with Crippen LogP contribution >= 0.6 is 11.8 Å². The Hall–Kier alpha value is -2.79. The molecule has 0 aliphatic carbocycles. The van der Waals surface area contributed by atoms with Crippen molar-refractivity contribution in [1.82, 2.24) is 10.3 Å². The van der Waals surface area contributed by atoms with Gasteiger partial charge >= 0.3 is 0 Å². The molecule has 3 rings (SSSR count). The summed E-state index contributed by atoms with van der Waals surface area (Å²) < 4.78 is 5.73. The number of nitrogens with zero attached hydrogens (tertiary/aromatic N) is 1. The molecule has 0 unspecified atom stereocenters. The molecule has 1 aromatic heterocycles. The maximum atomic E-state index is 12.5. The molecular formula is C21H20N2O2S. The average Bonchev–Trinajstić information content (AvgIpc) is 2.68. The average molecular weight is 364 g/mol. The molecule has 0 aliphatic rings. The van der Waals surface area contributed by atoms with Crippen LogP contribution in [0.5, 0.6) is 11.6 Å². The predicted molar refractivity (Wildman–Crippen MR) is 105 cm³/mol. The lowest BCUT2D eigenvalue weighted by molar-refractivity contribution is 0.0948. The van der Waals surface area contributed by atoms with Gasteiger partial charge < -0.3 is 10.1 Å². The zero-order valence-electron chi connectivity index (χ0n) is 14.5. The van der Waals surface area contributed by atoms with E-state index in [1.54, 1.807) is 24.0 Å². The SMILES string of the molecule is CCSc1ccccc1C(=O)NCc1cccc(Oc2ccccn2)c1. The standard InChI is InChI=1S/C21H20N2O2S/c1-2-26-19-11-4-3-10-18(19)21(24)23-15-16-8-7-9-17(14-16)25-20-12-5-6-13-22-20/h3-14H,2,15H2,1H3,(H,23,24). The molecule has 0 atom stereocenters. The monoisotopic (exact) mass is 364 g/mol. The molecule has 0 fully saturated rings. The van der Waals surface area contributed by atoms with Crippen molar-refractivity contribution in [3.8, 4) is 11.6 Å². The molecule has 2 aromatic carbocycles. The zero-order valence-corrected chi connectivity index (χ0v) is 15.3. The van der Waals surface area contributed by atoms with Crippen molar-refractivity contribution in [3.05, 3.63) is 84.1 Å². The number of ether oxygens (including phenoxy) is 1. The molecule has 1 amide bonds. The highest BCUT2D eigenvalue weighted by atomic mass is 32.2. The van der Waals surface area contributed by atoms with Crippen molar-refractivity contribution in [2.45, 2.75) is 18.4 Å². The largest absolute Gasteiger partial charge is 0.439 e. The van der Waals surface area contributed by atoms with Crippen LogP contribution in [0.4, 0.5) is 0 Å². The molecule has 132 valence electrons. The van der Waals surface area contributed by atoms with Gasteiger partial charge in [-0.15, -0.1) is 11.8 Å². The minimum Gasteiger partial charge on any atom is -0.439 e. The van der Waals surface area contributed by atoms with E-state index in [0.29, 0.717) is 23.7 Å². The van der Waals surface area contributed by atoms with Gasteiger partial charge in [0.25, 0.3) is 5.91 Å². The summed E-state index contributed by atoms with van der Waals surface area (Å²) in [6.45, 7) is 2.51. The van der Waals surface area contributed by atoms with Gasteiger partial charge in [0.1, 0.15) is 5.75 Å². The van der Waals surface area contributed by atoms with Crippen molar-refractivity contribution < 1.29 is 9.53 Å². The molecule has 3 aromatic rings. The Labute approximate surface area is 157 Å². The van der Waals surface area contributed by atoms with E-state index in [9.17, 15) is 4.79 Å².